The van der Waals surface area contributed by atoms with Crippen molar-refractivity contribution in [2.45, 2.75) is 45.6 Å². The van der Waals surface area contributed by atoms with E-state index < -0.39 is 32.9 Å². The molecule has 20 heavy (non-hydrogen) atoms. The molecule has 0 radical (unpaired) electrons. The van der Waals surface area contributed by atoms with Crippen molar-refractivity contribution in [2.24, 2.45) is 5.41 Å². The van der Waals surface area contributed by atoms with Crippen molar-refractivity contribution >= 4 is 21.7 Å². The van der Waals surface area contributed by atoms with Gasteiger partial charge in [-0.2, -0.15) is 0 Å². The fraction of sp³-hybridized carbons (Fsp3) is 0.846. The first kappa shape index (κ1) is 16.9. The summed E-state index contributed by atoms with van der Waals surface area (Å²) in [7, 11) is -2.22. The van der Waals surface area contributed by atoms with E-state index in [-0.39, 0.29) is 18.2 Å². The molecule has 1 amide bonds. The lowest BCUT2D eigenvalue weighted by Gasteiger charge is -2.15. The van der Waals surface area contributed by atoms with Crippen LogP contribution in [-0.4, -0.2) is 45.0 Å². The van der Waals surface area contributed by atoms with Gasteiger partial charge in [-0.05, 0) is 31.6 Å². The Morgan fingerprint density at radius 1 is 1.35 bits per heavy atom. The third-order valence-electron chi connectivity index (χ3n) is 3.60. The van der Waals surface area contributed by atoms with Crippen molar-refractivity contribution in [3.8, 4) is 0 Å². The number of rotatable bonds is 8. The van der Waals surface area contributed by atoms with E-state index in [4.69, 9.17) is 0 Å². The van der Waals surface area contributed by atoms with E-state index in [0.717, 1.165) is 6.42 Å². The molecule has 0 bridgehead atoms. The number of sulfone groups is 1. The van der Waals surface area contributed by atoms with E-state index in [1.807, 2.05) is 13.8 Å². The van der Waals surface area contributed by atoms with Crippen LogP contribution in [0.25, 0.3) is 0 Å². The van der Waals surface area contributed by atoms with E-state index in [9.17, 15) is 18.0 Å². The minimum atomic E-state index is -3.50. The Hall–Kier alpha value is -1.11. The normalized spacial score (nSPS) is 18.1. The summed E-state index contributed by atoms with van der Waals surface area (Å²) in [6.45, 7) is 3.74. The van der Waals surface area contributed by atoms with Crippen LogP contribution in [-0.2, 0) is 24.2 Å². The molecule has 0 aromatic heterocycles. The van der Waals surface area contributed by atoms with Crippen LogP contribution in [0.1, 0.15) is 39.5 Å². The molecule has 0 aromatic rings. The number of amides is 1. The van der Waals surface area contributed by atoms with Crippen LogP contribution >= 0.6 is 0 Å². The molecule has 1 fully saturated rings. The van der Waals surface area contributed by atoms with E-state index in [0.29, 0.717) is 12.8 Å². The standard InChI is InChI=1S/C13H23NO5S/c1-4-10(2)14-11(15)8-20(17,18)9-13(5-6-13)7-12(16)19-3/h10H,4-9H2,1-3H3,(H,14,15). The summed E-state index contributed by atoms with van der Waals surface area (Å²) in [6, 6.07) is -0.0392. The summed E-state index contributed by atoms with van der Waals surface area (Å²) in [6.07, 6.45) is 2.23. The van der Waals surface area contributed by atoms with Gasteiger partial charge in [0, 0.05) is 6.04 Å². The molecule has 1 aliphatic rings. The Labute approximate surface area is 120 Å². The van der Waals surface area contributed by atoms with Gasteiger partial charge in [-0.3, -0.25) is 9.59 Å². The molecule has 0 heterocycles. The van der Waals surface area contributed by atoms with Crippen molar-refractivity contribution < 1.29 is 22.7 Å². The van der Waals surface area contributed by atoms with Crippen molar-refractivity contribution in [3.63, 3.8) is 0 Å². The summed E-state index contributed by atoms with van der Waals surface area (Å²) in [5.74, 6) is -1.52. The summed E-state index contributed by atoms with van der Waals surface area (Å²) >= 11 is 0. The molecule has 1 aliphatic carbocycles. The lowest BCUT2D eigenvalue weighted by atomic mass is 10.1. The number of nitrogens with one attached hydrogen (secondary N) is 1. The highest BCUT2D eigenvalue weighted by molar-refractivity contribution is 7.92. The molecule has 1 N–H and O–H groups in total. The lowest BCUT2D eigenvalue weighted by Crippen LogP contribution is -2.38. The number of hydrogen-bond donors (Lipinski definition) is 1. The maximum Gasteiger partial charge on any atom is 0.306 e. The summed E-state index contributed by atoms with van der Waals surface area (Å²) in [5, 5.41) is 2.63. The van der Waals surface area contributed by atoms with E-state index in [2.05, 4.69) is 10.1 Å². The van der Waals surface area contributed by atoms with Gasteiger partial charge in [0.05, 0.1) is 19.3 Å². The molecular formula is C13H23NO5S. The number of methoxy groups -OCH3 is 1. The Kier molecular flexibility index (Phi) is 5.56. The molecule has 1 saturated carbocycles. The van der Waals surface area contributed by atoms with E-state index in [1.54, 1.807) is 0 Å². The number of esters is 1. The van der Waals surface area contributed by atoms with E-state index in [1.165, 1.54) is 7.11 Å². The van der Waals surface area contributed by atoms with Crippen LogP contribution in [0, 0.1) is 5.41 Å². The van der Waals surface area contributed by atoms with Gasteiger partial charge in [0.2, 0.25) is 5.91 Å². The van der Waals surface area contributed by atoms with Gasteiger partial charge >= 0.3 is 5.97 Å². The Morgan fingerprint density at radius 3 is 2.40 bits per heavy atom. The Morgan fingerprint density at radius 2 is 1.95 bits per heavy atom. The highest BCUT2D eigenvalue weighted by Gasteiger charge is 2.48. The third-order valence-corrected chi connectivity index (χ3v) is 5.36. The van der Waals surface area contributed by atoms with Crippen molar-refractivity contribution in [2.75, 3.05) is 18.6 Å². The van der Waals surface area contributed by atoms with Gasteiger partial charge in [-0.25, -0.2) is 8.42 Å². The Balaban J connectivity index is 2.53. The number of carbonyl (C=O) groups is 2. The van der Waals surface area contributed by atoms with Crippen molar-refractivity contribution in [1.29, 1.82) is 0 Å². The highest BCUT2D eigenvalue weighted by Crippen LogP contribution is 2.50. The zero-order chi connectivity index (χ0) is 15.4. The van der Waals surface area contributed by atoms with Crippen LogP contribution < -0.4 is 5.32 Å². The smallest absolute Gasteiger partial charge is 0.306 e. The van der Waals surface area contributed by atoms with E-state index >= 15 is 0 Å². The zero-order valence-corrected chi connectivity index (χ0v) is 13.1. The second kappa shape index (κ2) is 6.56. The van der Waals surface area contributed by atoms with Gasteiger partial charge in [0.25, 0.3) is 0 Å². The first-order chi connectivity index (χ1) is 9.22. The predicted octanol–water partition coefficient (Wildman–Crippen LogP) is 0.659. The fourth-order valence-electron chi connectivity index (χ4n) is 2.06. The SMILES string of the molecule is CCC(C)NC(=O)CS(=O)(=O)CC1(CC(=O)OC)CC1. The summed E-state index contributed by atoms with van der Waals surface area (Å²) < 4.78 is 28.6. The van der Waals surface area contributed by atoms with Gasteiger partial charge in [-0.1, -0.05) is 6.92 Å². The topological polar surface area (TPSA) is 89.5 Å². The van der Waals surface area contributed by atoms with Crippen LogP contribution in [0.5, 0.6) is 0 Å². The van der Waals surface area contributed by atoms with Crippen molar-refractivity contribution in [3.05, 3.63) is 0 Å². The van der Waals surface area contributed by atoms with Crippen LogP contribution in [0.3, 0.4) is 0 Å². The number of ether oxygens (including phenoxy) is 1. The number of carbonyl (C=O) groups excluding carboxylic acids is 2. The fourth-order valence-corrected chi connectivity index (χ4v) is 3.97. The molecule has 1 rings (SSSR count). The molecule has 0 aliphatic heterocycles. The highest BCUT2D eigenvalue weighted by atomic mass is 32.2. The van der Waals surface area contributed by atoms with Gasteiger partial charge in [0.1, 0.15) is 5.75 Å². The summed E-state index contributed by atoms with van der Waals surface area (Å²) in [5.41, 5.74) is -0.511. The lowest BCUT2D eigenvalue weighted by molar-refractivity contribution is -0.141. The molecule has 7 heteroatoms. The molecule has 1 atom stereocenters. The molecule has 116 valence electrons. The third kappa shape index (κ3) is 5.48. The molecule has 0 spiro atoms. The largest absolute Gasteiger partial charge is 0.469 e. The average molecular weight is 305 g/mol. The first-order valence-corrected chi connectivity index (χ1v) is 8.61. The van der Waals surface area contributed by atoms with Gasteiger partial charge in [0.15, 0.2) is 9.84 Å². The quantitative estimate of drug-likeness (QED) is 0.665. The second-order valence-corrected chi connectivity index (χ2v) is 7.73. The Bertz CT molecular complexity index is 467. The average Bonchev–Trinajstić information content (AvgIpc) is 3.05. The molecule has 1 unspecified atom stereocenters. The maximum atomic E-state index is 12.0. The molecule has 6 nitrogen and oxygen atoms in total. The first-order valence-electron chi connectivity index (χ1n) is 6.78. The zero-order valence-electron chi connectivity index (χ0n) is 12.3. The van der Waals surface area contributed by atoms with Crippen LogP contribution in [0.4, 0.5) is 0 Å². The van der Waals surface area contributed by atoms with Gasteiger partial charge < -0.3 is 10.1 Å². The molecule has 0 saturated heterocycles. The predicted molar refractivity (Wildman–Crippen MR) is 74.8 cm³/mol. The van der Waals surface area contributed by atoms with Crippen LogP contribution in [0.15, 0.2) is 0 Å². The van der Waals surface area contributed by atoms with Crippen LogP contribution in [0.2, 0.25) is 0 Å². The number of hydrogen-bond acceptors (Lipinski definition) is 5. The maximum absolute atomic E-state index is 12.0. The van der Waals surface area contributed by atoms with Crippen molar-refractivity contribution in [1.82, 2.24) is 5.32 Å². The summed E-state index contributed by atoms with van der Waals surface area (Å²) in [4.78, 5) is 22.9. The molecule has 0 aromatic carbocycles. The minimum absolute atomic E-state index is 0.0392. The van der Waals surface area contributed by atoms with Gasteiger partial charge in [-0.15, -0.1) is 0 Å². The molecular weight excluding hydrogens is 282 g/mol. The minimum Gasteiger partial charge on any atom is -0.469 e. The monoisotopic (exact) mass is 305 g/mol. The second-order valence-electron chi connectivity index (χ2n) is 5.66.